The van der Waals surface area contributed by atoms with Crippen LogP contribution in [0.15, 0.2) is 0 Å². The smallest absolute Gasteiger partial charge is 0.0209 e. The van der Waals surface area contributed by atoms with Gasteiger partial charge in [-0.25, -0.2) is 0 Å². The lowest BCUT2D eigenvalue weighted by Gasteiger charge is -2.39. The van der Waals surface area contributed by atoms with Crippen molar-refractivity contribution < 1.29 is 0 Å². The van der Waals surface area contributed by atoms with Crippen LogP contribution >= 0.6 is 23.5 Å². The normalized spacial score (nSPS) is 27.6. The second-order valence-corrected chi connectivity index (χ2v) is 7.40. The highest BCUT2D eigenvalue weighted by atomic mass is 32.2. The minimum Gasteiger partial charge on any atom is -0.312 e. The fourth-order valence-corrected chi connectivity index (χ4v) is 4.29. The summed E-state index contributed by atoms with van der Waals surface area (Å²) in [6.07, 6.45) is 3.54. The molecule has 1 aliphatic heterocycles. The topological polar surface area (TPSA) is 12.0 Å². The summed E-state index contributed by atoms with van der Waals surface area (Å²) in [5.41, 5.74) is 0.490. The summed E-state index contributed by atoms with van der Waals surface area (Å²) in [5.74, 6) is 4.69. The molecule has 15 heavy (non-hydrogen) atoms. The van der Waals surface area contributed by atoms with E-state index in [1.165, 1.54) is 30.2 Å². The predicted octanol–water partition coefficient (Wildman–Crippen LogP) is 3.11. The lowest BCUT2D eigenvalue weighted by atomic mass is 9.82. The Bertz CT molecular complexity index is 182. The molecule has 1 N–H and O–H groups in total. The molecule has 1 nitrogen and oxygen atoms in total. The quantitative estimate of drug-likeness (QED) is 0.802. The zero-order valence-electron chi connectivity index (χ0n) is 10.5. The Morgan fingerprint density at radius 1 is 1.53 bits per heavy atom. The highest BCUT2D eigenvalue weighted by Gasteiger charge is 2.32. The number of hydrogen-bond donors (Lipinski definition) is 1. The molecule has 0 aromatic heterocycles. The Morgan fingerprint density at radius 3 is 2.87 bits per heavy atom. The molecule has 90 valence electrons. The van der Waals surface area contributed by atoms with Crippen molar-refractivity contribution in [3.63, 3.8) is 0 Å². The van der Waals surface area contributed by atoms with Crippen LogP contribution in [0.4, 0.5) is 0 Å². The van der Waals surface area contributed by atoms with Gasteiger partial charge in [0.2, 0.25) is 0 Å². The summed E-state index contributed by atoms with van der Waals surface area (Å²) < 4.78 is 0. The summed E-state index contributed by atoms with van der Waals surface area (Å²) in [6, 6.07) is 0.709. The maximum Gasteiger partial charge on any atom is 0.0209 e. The molecule has 0 saturated carbocycles. The van der Waals surface area contributed by atoms with E-state index in [0.717, 1.165) is 5.92 Å². The van der Waals surface area contributed by atoms with E-state index in [0.29, 0.717) is 11.5 Å². The standard InChI is InChI=1S/C12H25NS2/c1-10(8-14-4)7-13-11-9-15-6-5-12(11,2)3/h10-11,13H,5-9H2,1-4H3. The Labute approximate surface area is 104 Å². The Kier molecular flexibility index (Phi) is 5.86. The van der Waals surface area contributed by atoms with Crippen molar-refractivity contribution in [1.29, 1.82) is 0 Å². The third kappa shape index (κ3) is 4.58. The average molecular weight is 247 g/mol. The number of thioether (sulfide) groups is 2. The molecule has 0 radical (unpaired) electrons. The molecule has 0 aromatic carbocycles. The lowest BCUT2D eigenvalue weighted by Crippen LogP contribution is -2.48. The number of rotatable bonds is 5. The SMILES string of the molecule is CSCC(C)CNC1CSCCC1(C)C. The molecule has 1 heterocycles. The molecule has 2 atom stereocenters. The maximum atomic E-state index is 3.76. The van der Waals surface area contributed by atoms with Crippen molar-refractivity contribution >= 4 is 23.5 Å². The van der Waals surface area contributed by atoms with E-state index in [9.17, 15) is 0 Å². The van der Waals surface area contributed by atoms with Crippen molar-refractivity contribution in [2.75, 3.05) is 30.1 Å². The van der Waals surface area contributed by atoms with Gasteiger partial charge in [-0.3, -0.25) is 0 Å². The van der Waals surface area contributed by atoms with Gasteiger partial charge in [0.25, 0.3) is 0 Å². The van der Waals surface area contributed by atoms with E-state index in [4.69, 9.17) is 0 Å². The van der Waals surface area contributed by atoms with Crippen LogP contribution in [0.3, 0.4) is 0 Å². The summed E-state index contributed by atoms with van der Waals surface area (Å²) in [5, 5.41) is 3.76. The summed E-state index contributed by atoms with van der Waals surface area (Å²) in [6.45, 7) is 8.33. The number of nitrogens with one attached hydrogen (secondary N) is 1. The molecule has 0 amide bonds. The van der Waals surface area contributed by atoms with Gasteiger partial charge in [-0.1, -0.05) is 20.8 Å². The maximum absolute atomic E-state index is 3.76. The first-order valence-corrected chi connectivity index (χ1v) is 8.41. The van der Waals surface area contributed by atoms with Crippen molar-refractivity contribution in [2.45, 2.75) is 33.2 Å². The fourth-order valence-electron chi connectivity index (χ4n) is 1.96. The molecule has 3 heteroatoms. The molecular formula is C12H25NS2. The van der Waals surface area contributed by atoms with E-state index in [2.05, 4.69) is 44.1 Å². The monoisotopic (exact) mass is 247 g/mol. The zero-order chi connectivity index (χ0) is 11.3. The predicted molar refractivity (Wildman–Crippen MR) is 75.1 cm³/mol. The van der Waals surface area contributed by atoms with Crippen LogP contribution in [0.5, 0.6) is 0 Å². The van der Waals surface area contributed by atoms with E-state index >= 15 is 0 Å². The fraction of sp³-hybridized carbons (Fsp3) is 1.00. The molecule has 1 aliphatic rings. The molecule has 1 rings (SSSR count). The van der Waals surface area contributed by atoms with E-state index in [1.807, 2.05) is 11.8 Å². The molecule has 0 aromatic rings. The van der Waals surface area contributed by atoms with Crippen LogP contribution in [-0.4, -0.2) is 36.1 Å². The van der Waals surface area contributed by atoms with Gasteiger partial charge in [0.05, 0.1) is 0 Å². The summed E-state index contributed by atoms with van der Waals surface area (Å²) >= 11 is 4.05. The largest absolute Gasteiger partial charge is 0.312 e. The second kappa shape index (κ2) is 6.41. The molecular weight excluding hydrogens is 222 g/mol. The zero-order valence-corrected chi connectivity index (χ0v) is 12.1. The molecule has 0 spiro atoms. The van der Waals surface area contributed by atoms with Gasteiger partial charge in [0.15, 0.2) is 0 Å². The number of hydrogen-bond acceptors (Lipinski definition) is 3. The first kappa shape index (κ1) is 13.7. The van der Waals surface area contributed by atoms with Gasteiger partial charge in [-0.15, -0.1) is 0 Å². The highest BCUT2D eigenvalue weighted by molar-refractivity contribution is 7.99. The lowest BCUT2D eigenvalue weighted by molar-refractivity contribution is 0.241. The van der Waals surface area contributed by atoms with Crippen molar-refractivity contribution in [3.8, 4) is 0 Å². The summed E-state index contributed by atoms with van der Waals surface area (Å²) in [7, 11) is 0. The van der Waals surface area contributed by atoms with Crippen LogP contribution in [0, 0.1) is 11.3 Å². The Balaban J connectivity index is 2.30. The second-order valence-electron chi connectivity index (χ2n) is 5.33. The molecule has 0 bridgehead atoms. The minimum absolute atomic E-state index is 0.490. The van der Waals surface area contributed by atoms with Crippen LogP contribution < -0.4 is 5.32 Å². The third-order valence-electron chi connectivity index (χ3n) is 3.28. The Morgan fingerprint density at radius 2 is 2.27 bits per heavy atom. The van der Waals surface area contributed by atoms with Crippen LogP contribution in [-0.2, 0) is 0 Å². The van der Waals surface area contributed by atoms with Gasteiger partial charge in [-0.2, -0.15) is 23.5 Å². The average Bonchev–Trinajstić information content (AvgIpc) is 2.16. The minimum atomic E-state index is 0.490. The first-order valence-electron chi connectivity index (χ1n) is 5.86. The molecule has 2 unspecified atom stereocenters. The summed E-state index contributed by atoms with van der Waals surface area (Å²) in [4.78, 5) is 0. The van der Waals surface area contributed by atoms with Crippen LogP contribution in [0.1, 0.15) is 27.2 Å². The molecule has 1 fully saturated rings. The molecule has 0 aliphatic carbocycles. The Hall–Kier alpha value is 0.660. The van der Waals surface area contributed by atoms with Crippen LogP contribution in [0.2, 0.25) is 0 Å². The highest BCUT2D eigenvalue weighted by Crippen LogP contribution is 2.34. The third-order valence-corrected chi connectivity index (χ3v) is 5.25. The van der Waals surface area contributed by atoms with Crippen LogP contribution in [0.25, 0.3) is 0 Å². The van der Waals surface area contributed by atoms with E-state index < -0.39 is 0 Å². The van der Waals surface area contributed by atoms with Gasteiger partial charge < -0.3 is 5.32 Å². The van der Waals surface area contributed by atoms with Gasteiger partial charge in [-0.05, 0) is 42.1 Å². The van der Waals surface area contributed by atoms with Crippen molar-refractivity contribution in [2.24, 2.45) is 11.3 Å². The van der Waals surface area contributed by atoms with Gasteiger partial charge >= 0.3 is 0 Å². The van der Waals surface area contributed by atoms with E-state index in [1.54, 1.807) is 0 Å². The first-order chi connectivity index (χ1) is 7.06. The molecule has 1 saturated heterocycles. The van der Waals surface area contributed by atoms with E-state index in [-0.39, 0.29) is 0 Å². The van der Waals surface area contributed by atoms with Gasteiger partial charge in [0, 0.05) is 11.8 Å². The van der Waals surface area contributed by atoms with Crippen molar-refractivity contribution in [3.05, 3.63) is 0 Å². The van der Waals surface area contributed by atoms with Gasteiger partial charge in [0.1, 0.15) is 0 Å². The van der Waals surface area contributed by atoms with Crippen molar-refractivity contribution in [1.82, 2.24) is 5.32 Å².